The summed E-state index contributed by atoms with van der Waals surface area (Å²) in [4.78, 5) is 11.8. The lowest BCUT2D eigenvalue weighted by Crippen LogP contribution is -2.15. The van der Waals surface area contributed by atoms with Crippen LogP contribution in [0.25, 0.3) is 6.08 Å². The van der Waals surface area contributed by atoms with Gasteiger partial charge in [0.05, 0.1) is 6.61 Å². The fourth-order valence-corrected chi connectivity index (χ4v) is 3.37. The minimum atomic E-state index is -0.597. The van der Waals surface area contributed by atoms with Crippen molar-refractivity contribution < 1.29 is 18.4 Å². The Morgan fingerprint density at radius 1 is 1.18 bits per heavy atom. The predicted molar refractivity (Wildman–Crippen MR) is 91.0 cm³/mol. The molecule has 0 saturated carbocycles. The van der Waals surface area contributed by atoms with Crippen molar-refractivity contribution in [1.82, 2.24) is 0 Å². The second-order valence-electron chi connectivity index (χ2n) is 4.89. The van der Waals surface area contributed by atoms with Crippen molar-refractivity contribution in [3.63, 3.8) is 0 Å². The van der Waals surface area contributed by atoms with Gasteiger partial charge in [-0.2, -0.15) is 0 Å². The number of ether oxygens (including phenoxy) is 2. The van der Waals surface area contributed by atoms with E-state index in [4.69, 9.17) is 13.6 Å². The molecule has 0 aliphatic rings. The third kappa shape index (κ3) is 8.94. The molecule has 1 rings (SSSR count). The first-order chi connectivity index (χ1) is 10.6. The fourth-order valence-electron chi connectivity index (χ4n) is 1.58. The highest BCUT2D eigenvalue weighted by Gasteiger charge is 2.05. The highest BCUT2D eigenvalue weighted by atomic mass is 28.3. The first kappa shape index (κ1) is 18.8. The molecule has 0 heterocycles. The lowest BCUT2D eigenvalue weighted by atomic mass is 10.1. The Bertz CT molecular complexity index is 460. The molecule has 22 heavy (non-hydrogen) atoms. The van der Waals surface area contributed by atoms with Crippen molar-refractivity contribution in [3.8, 4) is 0 Å². The van der Waals surface area contributed by atoms with E-state index in [0.29, 0.717) is 28.5 Å². The van der Waals surface area contributed by atoms with Crippen LogP contribution in [0.5, 0.6) is 0 Å². The summed E-state index contributed by atoms with van der Waals surface area (Å²) in [5.41, 5.74) is 1.57. The Balaban J connectivity index is 2.12. The van der Waals surface area contributed by atoms with Gasteiger partial charge in [0, 0.05) is 12.2 Å². The van der Waals surface area contributed by atoms with Gasteiger partial charge in [-0.1, -0.05) is 30.3 Å². The highest BCUT2D eigenvalue weighted by molar-refractivity contribution is 6.56. The SMILES string of the molecule is CC(=Cc1ccccc1)C(=O)OCCOCC[Si]O[Si](C)C. The van der Waals surface area contributed by atoms with E-state index < -0.39 is 9.04 Å². The summed E-state index contributed by atoms with van der Waals surface area (Å²) in [6, 6.07) is 10.6. The van der Waals surface area contributed by atoms with E-state index >= 15 is 0 Å². The third-order valence-electron chi connectivity index (χ3n) is 2.59. The molecule has 0 unspecified atom stereocenters. The maximum absolute atomic E-state index is 11.8. The molecule has 0 N–H and O–H groups in total. The van der Waals surface area contributed by atoms with Crippen LogP contribution < -0.4 is 0 Å². The molecule has 0 bridgehead atoms. The van der Waals surface area contributed by atoms with Gasteiger partial charge in [0.15, 0.2) is 9.04 Å². The average molecular weight is 336 g/mol. The number of hydrogen-bond acceptors (Lipinski definition) is 4. The molecule has 6 heteroatoms. The van der Waals surface area contributed by atoms with Gasteiger partial charge in [0.25, 0.3) is 0 Å². The van der Waals surface area contributed by atoms with Gasteiger partial charge in [-0.25, -0.2) is 4.79 Å². The van der Waals surface area contributed by atoms with Crippen molar-refractivity contribution in [2.75, 3.05) is 19.8 Å². The van der Waals surface area contributed by atoms with E-state index in [0.717, 1.165) is 11.6 Å². The number of carbonyl (C=O) groups excluding carboxylic acids is 1. The Hall–Kier alpha value is -1.22. The molecular formula is C16H23O4Si2. The van der Waals surface area contributed by atoms with Gasteiger partial charge < -0.3 is 13.6 Å². The molecule has 0 fully saturated rings. The van der Waals surface area contributed by atoms with E-state index in [1.54, 1.807) is 6.92 Å². The molecule has 0 amide bonds. The fraction of sp³-hybridized carbons (Fsp3) is 0.438. The van der Waals surface area contributed by atoms with Crippen molar-refractivity contribution in [1.29, 1.82) is 0 Å². The largest absolute Gasteiger partial charge is 0.460 e. The monoisotopic (exact) mass is 335 g/mol. The van der Waals surface area contributed by atoms with Gasteiger partial charge >= 0.3 is 5.97 Å². The number of carbonyl (C=O) groups is 1. The second kappa shape index (κ2) is 11.4. The Morgan fingerprint density at radius 3 is 2.59 bits per heavy atom. The van der Waals surface area contributed by atoms with Crippen LogP contribution >= 0.6 is 0 Å². The van der Waals surface area contributed by atoms with Crippen molar-refractivity contribution in [2.45, 2.75) is 26.1 Å². The Morgan fingerprint density at radius 2 is 1.91 bits per heavy atom. The van der Waals surface area contributed by atoms with Crippen molar-refractivity contribution >= 4 is 30.8 Å². The smallest absolute Gasteiger partial charge is 0.333 e. The average Bonchev–Trinajstić information content (AvgIpc) is 2.50. The second-order valence-corrected chi connectivity index (χ2v) is 8.31. The summed E-state index contributed by atoms with van der Waals surface area (Å²) in [6.45, 7) is 7.32. The lowest BCUT2D eigenvalue weighted by Gasteiger charge is -2.07. The number of hydrogen-bond donors (Lipinski definition) is 0. The van der Waals surface area contributed by atoms with E-state index in [9.17, 15) is 4.79 Å². The van der Waals surface area contributed by atoms with Crippen molar-refractivity contribution in [2.24, 2.45) is 0 Å². The van der Waals surface area contributed by atoms with Gasteiger partial charge in [0.1, 0.15) is 6.61 Å². The molecule has 0 aliphatic heterocycles. The highest BCUT2D eigenvalue weighted by Crippen LogP contribution is 2.07. The van der Waals surface area contributed by atoms with Gasteiger partial charge in [0.2, 0.25) is 9.76 Å². The first-order valence-electron chi connectivity index (χ1n) is 7.27. The van der Waals surface area contributed by atoms with Crippen LogP contribution in [0, 0.1) is 0 Å². The molecule has 0 aliphatic carbocycles. The summed E-state index contributed by atoms with van der Waals surface area (Å²) in [5, 5.41) is 0. The molecular weight excluding hydrogens is 312 g/mol. The molecule has 3 radical (unpaired) electrons. The molecule has 0 aromatic heterocycles. The standard InChI is InChI=1S/C16H23O4Si2/c1-14(13-15-7-5-4-6-8-15)16(17)19-10-9-18-11-12-21-20-22(2)3/h4-8,13H,9-12H2,1-3H3. The first-order valence-corrected chi connectivity index (χ1v) is 10.8. The summed E-state index contributed by atoms with van der Waals surface area (Å²) >= 11 is 0. The zero-order chi connectivity index (χ0) is 16.2. The van der Waals surface area contributed by atoms with Crippen LogP contribution in [0.1, 0.15) is 12.5 Å². The predicted octanol–water partition coefficient (Wildman–Crippen LogP) is 2.95. The van der Waals surface area contributed by atoms with Gasteiger partial charge in [-0.15, -0.1) is 0 Å². The van der Waals surface area contributed by atoms with Crippen LogP contribution in [0.3, 0.4) is 0 Å². The van der Waals surface area contributed by atoms with Gasteiger partial charge in [-0.05, 0) is 37.7 Å². The number of benzene rings is 1. The molecule has 0 spiro atoms. The maximum atomic E-state index is 11.8. The van der Waals surface area contributed by atoms with Crippen LogP contribution in [0.2, 0.25) is 19.1 Å². The minimum Gasteiger partial charge on any atom is -0.460 e. The minimum absolute atomic E-state index is 0.277. The van der Waals surface area contributed by atoms with Crippen LogP contribution in [-0.2, 0) is 18.4 Å². The summed E-state index contributed by atoms with van der Waals surface area (Å²) in [6.07, 6.45) is 1.82. The quantitative estimate of drug-likeness (QED) is 0.285. The van der Waals surface area contributed by atoms with Crippen LogP contribution in [0.4, 0.5) is 0 Å². The molecule has 4 nitrogen and oxygen atoms in total. The van der Waals surface area contributed by atoms with Crippen LogP contribution in [-0.4, -0.2) is 44.6 Å². The van der Waals surface area contributed by atoms with E-state index in [1.807, 2.05) is 36.4 Å². The zero-order valence-corrected chi connectivity index (χ0v) is 15.4. The third-order valence-corrected chi connectivity index (χ3v) is 5.21. The molecule has 0 atom stereocenters. The van der Waals surface area contributed by atoms with E-state index in [2.05, 4.69) is 13.1 Å². The summed E-state index contributed by atoms with van der Waals surface area (Å²) in [7, 11) is -0.0935. The molecule has 1 aromatic carbocycles. The van der Waals surface area contributed by atoms with Crippen LogP contribution in [0.15, 0.2) is 35.9 Å². The van der Waals surface area contributed by atoms with Gasteiger partial charge in [-0.3, -0.25) is 0 Å². The lowest BCUT2D eigenvalue weighted by molar-refractivity contribution is -0.140. The number of rotatable bonds is 10. The number of esters is 1. The summed E-state index contributed by atoms with van der Waals surface area (Å²) < 4.78 is 16.1. The maximum Gasteiger partial charge on any atom is 0.333 e. The van der Waals surface area contributed by atoms with Crippen molar-refractivity contribution in [3.05, 3.63) is 41.5 Å². The Labute approximate surface area is 137 Å². The zero-order valence-electron chi connectivity index (χ0n) is 13.4. The van der Waals surface area contributed by atoms with E-state index in [-0.39, 0.29) is 12.6 Å². The molecule has 1 aromatic rings. The summed E-state index contributed by atoms with van der Waals surface area (Å²) in [5.74, 6) is -0.304. The van der Waals surface area contributed by atoms with E-state index in [1.165, 1.54) is 0 Å². The molecule has 119 valence electrons. The molecule has 0 saturated heterocycles. The topological polar surface area (TPSA) is 44.8 Å². The Kier molecular flexibility index (Phi) is 9.73. The normalized spacial score (nSPS) is 11.7.